The van der Waals surface area contributed by atoms with Crippen LogP contribution in [0.3, 0.4) is 0 Å². The molecule has 2 aromatic carbocycles. The maximum atomic E-state index is 13.5. The van der Waals surface area contributed by atoms with Gasteiger partial charge >= 0.3 is 5.97 Å². The van der Waals surface area contributed by atoms with Crippen LogP contribution in [0.4, 0.5) is 0 Å². The Labute approximate surface area is 175 Å². The fraction of sp³-hybridized carbons (Fsp3) is 0.375. The lowest BCUT2D eigenvalue weighted by molar-refractivity contribution is -0.155. The Morgan fingerprint density at radius 2 is 1.93 bits per heavy atom. The van der Waals surface area contributed by atoms with Gasteiger partial charge in [-0.1, -0.05) is 36.4 Å². The van der Waals surface area contributed by atoms with E-state index in [1.807, 2.05) is 46.8 Å². The van der Waals surface area contributed by atoms with Gasteiger partial charge in [0.25, 0.3) is 5.91 Å². The van der Waals surface area contributed by atoms with Gasteiger partial charge in [-0.3, -0.25) is 9.59 Å². The number of hydrogen-bond acceptors (Lipinski definition) is 4. The molecule has 1 aromatic heterocycles. The molecule has 1 fully saturated rings. The number of nitrogens with zero attached hydrogens (tertiary/aromatic N) is 3. The molecule has 0 spiro atoms. The summed E-state index contributed by atoms with van der Waals surface area (Å²) in [5.41, 5.74) is 4.44. The van der Waals surface area contributed by atoms with Gasteiger partial charge in [0, 0.05) is 19.9 Å². The van der Waals surface area contributed by atoms with Crippen molar-refractivity contribution in [3.8, 4) is 0 Å². The fourth-order valence-electron chi connectivity index (χ4n) is 4.77. The fourth-order valence-corrected chi connectivity index (χ4v) is 4.77. The highest BCUT2D eigenvalue weighted by Gasteiger charge is 2.38. The molecule has 0 bridgehead atoms. The molecule has 2 atom stereocenters. The van der Waals surface area contributed by atoms with E-state index in [1.165, 1.54) is 11.1 Å². The van der Waals surface area contributed by atoms with Gasteiger partial charge in [0.05, 0.1) is 23.6 Å². The predicted octanol–water partition coefficient (Wildman–Crippen LogP) is 3.69. The Morgan fingerprint density at radius 1 is 1.13 bits per heavy atom. The van der Waals surface area contributed by atoms with Gasteiger partial charge in [-0.2, -0.15) is 0 Å². The van der Waals surface area contributed by atoms with E-state index in [9.17, 15) is 9.59 Å². The van der Waals surface area contributed by atoms with Crippen molar-refractivity contribution in [1.82, 2.24) is 14.5 Å². The number of fused-ring (bicyclic) bond motifs is 2. The summed E-state index contributed by atoms with van der Waals surface area (Å²) in [6.45, 7) is 0.386. The number of carbonyl (C=O) groups excluding carboxylic acids is 2. The third kappa shape index (κ3) is 3.26. The van der Waals surface area contributed by atoms with Crippen LogP contribution in [-0.4, -0.2) is 32.4 Å². The quantitative estimate of drug-likeness (QED) is 0.624. The smallest absolute Gasteiger partial charge is 0.306 e. The van der Waals surface area contributed by atoms with Gasteiger partial charge in [-0.05, 0) is 42.5 Å². The summed E-state index contributed by atoms with van der Waals surface area (Å²) in [6, 6.07) is 16.3. The van der Waals surface area contributed by atoms with Crippen LogP contribution < -0.4 is 0 Å². The maximum absolute atomic E-state index is 13.5. The maximum Gasteiger partial charge on any atom is 0.306 e. The molecule has 0 unspecified atom stereocenters. The van der Waals surface area contributed by atoms with Gasteiger partial charge in [-0.15, -0.1) is 0 Å². The highest BCUT2D eigenvalue weighted by atomic mass is 16.6. The second-order valence-corrected chi connectivity index (χ2v) is 8.17. The van der Waals surface area contributed by atoms with E-state index in [4.69, 9.17) is 9.72 Å². The van der Waals surface area contributed by atoms with Crippen molar-refractivity contribution < 1.29 is 14.3 Å². The summed E-state index contributed by atoms with van der Waals surface area (Å²) in [6.07, 6.45) is 3.01. The Morgan fingerprint density at radius 3 is 2.73 bits per heavy atom. The molecule has 0 radical (unpaired) electrons. The number of imidazole rings is 1. The second-order valence-electron chi connectivity index (χ2n) is 8.17. The van der Waals surface area contributed by atoms with E-state index in [0.717, 1.165) is 36.1 Å². The standard InChI is InChI=1S/C24H25N3O3/c1-26-20-11-5-4-10-18(20)25-22(26)15-27(24(29)21-13-14-23(28)30-21)19-12-6-8-16-7-2-3-9-17(16)19/h2-5,7,9-11,19,21H,6,8,12-15H2,1H3/t19-,21-/m1/s1. The van der Waals surface area contributed by atoms with Crippen LogP contribution in [0.25, 0.3) is 11.0 Å². The summed E-state index contributed by atoms with van der Waals surface area (Å²) >= 11 is 0. The molecule has 0 N–H and O–H groups in total. The van der Waals surface area contributed by atoms with Gasteiger partial charge in [-0.25, -0.2) is 4.98 Å². The summed E-state index contributed by atoms with van der Waals surface area (Å²) in [5.74, 6) is 0.423. The molecule has 6 heteroatoms. The van der Waals surface area contributed by atoms with Crippen molar-refractivity contribution in [1.29, 1.82) is 0 Å². The van der Waals surface area contributed by atoms with Crippen molar-refractivity contribution in [2.75, 3.05) is 0 Å². The molecule has 1 aliphatic carbocycles. The minimum absolute atomic E-state index is 0.0402. The molecule has 2 aliphatic rings. The number of ether oxygens (including phenoxy) is 1. The highest BCUT2D eigenvalue weighted by Crippen LogP contribution is 2.36. The summed E-state index contributed by atoms with van der Waals surface area (Å²) < 4.78 is 7.40. The topological polar surface area (TPSA) is 64.4 Å². The average molecular weight is 403 g/mol. The Hall–Kier alpha value is -3.15. The molecule has 154 valence electrons. The van der Waals surface area contributed by atoms with Crippen molar-refractivity contribution in [3.63, 3.8) is 0 Å². The van der Waals surface area contributed by atoms with Crippen LogP contribution in [0, 0.1) is 0 Å². The largest absolute Gasteiger partial charge is 0.452 e. The number of para-hydroxylation sites is 2. The summed E-state index contributed by atoms with van der Waals surface area (Å²) in [5, 5.41) is 0. The van der Waals surface area contributed by atoms with Crippen molar-refractivity contribution >= 4 is 22.9 Å². The van der Waals surface area contributed by atoms with Gasteiger partial charge in [0.1, 0.15) is 5.82 Å². The second kappa shape index (κ2) is 7.59. The lowest BCUT2D eigenvalue weighted by atomic mass is 9.86. The number of aromatic nitrogens is 2. The van der Waals surface area contributed by atoms with E-state index >= 15 is 0 Å². The minimum Gasteiger partial charge on any atom is -0.452 e. The number of rotatable bonds is 4. The Kier molecular flexibility index (Phi) is 4.77. The first-order chi connectivity index (χ1) is 14.6. The molecular formula is C24H25N3O3. The zero-order valence-corrected chi connectivity index (χ0v) is 17.1. The van der Waals surface area contributed by atoms with Crippen molar-refractivity contribution in [2.45, 2.75) is 50.8 Å². The zero-order valence-electron chi connectivity index (χ0n) is 17.1. The molecular weight excluding hydrogens is 378 g/mol. The molecule has 6 nitrogen and oxygen atoms in total. The number of benzene rings is 2. The van der Waals surface area contributed by atoms with Crippen LogP contribution >= 0.6 is 0 Å². The number of amides is 1. The van der Waals surface area contributed by atoms with Crippen LogP contribution in [0.5, 0.6) is 0 Å². The van der Waals surface area contributed by atoms with Crippen LogP contribution in [0.1, 0.15) is 48.7 Å². The average Bonchev–Trinajstić information content (AvgIpc) is 3.35. The minimum atomic E-state index is -0.693. The number of carbonyl (C=O) groups is 2. The number of esters is 1. The van der Waals surface area contributed by atoms with Crippen LogP contribution in [0.2, 0.25) is 0 Å². The first kappa shape index (κ1) is 18.9. The third-order valence-electron chi connectivity index (χ3n) is 6.35. The lowest BCUT2D eigenvalue weighted by Gasteiger charge is -2.36. The lowest BCUT2D eigenvalue weighted by Crippen LogP contribution is -2.42. The molecule has 0 saturated carbocycles. The zero-order chi connectivity index (χ0) is 20.7. The third-order valence-corrected chi connectivity index (χ3v) is 6.35. The molecule has 1 amide bonds. The molecule has 1 aliphatic heterocycles. The van der Waals surface area contributed by atoms with Gasteiger partial charge in [0.2, 0.25) is 0 Å². The monoisotopic (exact) mass is 403 g/mol. The molecule has 30 heavy (non-hydrogen) atoms. The van der Waals surface area contributed by atoms with E-state index in [-0.39, 0.29) is 17.9 Å². The van der Waals surface area contributed by atoms with Crippen LogP contribution in [-0.2, 0) is 34.3 Å². The Bertz CT molecular complexity index is 1120. The van der Waals surface area contributed by atoms with E-state index < -0.39 is 6.10 Å². The molecule has 2 heterocycles. The summed E-state index contributed by atoms with van der Waals surface area (Å²) in [4.78, 5) is 31.9. The first-order valence-electron chi connectivity index (χ1n) is 10.6. The summed E-state index contributed by atoms with van der Waals surface area (Å²) in [7, 11) is 1.98. The normalized spacial score (nSPS) is 20.8. The molecule has 1 saturated heterocycles. The molecule has 5 rings (SSSR count). The Balaban J connectivity index is 1.54. The number of aryl methyl sites for hydroxylation is 2. The SMILES string of the molecule is Cn1c(CN(C(=O)[C@H]2CCC(=O)O2)[C@@H]2CCCc3ccccc32)nc2ccccc21. The highest BCUT2D eigenvalue weighted by molar-refractivity contribution is 5.87. The van der Waals surface area contributed by atoms with E-state index in [2.05, 4.69) is 18.2 Å². The van der Waals surface area contributed by atoms with Crippen molar-refractivity contribution in [2.24, 2.45) is 7.05 Å². The van der Waals surface area contributed by atoms with E-state index in [0.29, 0.717) is 19.4 Å². The van der Waals surface area contributed by atoms with Crippen LogP contribution in [0.15, 0.2) is 48.5 Å². The predicted molar refractivity (Wildman–Crippen MR) is 112 cm³/mol. The number of hydrogen-bond donors (Lipinski definition) is 0. The van der Waals surface area contributed by atoms with Crippen molar-refractivity contribution in [3.05, 3.63) is 65.5 Å². The molecule has 3 aromatic rings. The number of cyclic esters (lactones) is 1. The van der Waals surface area contributed by atoms with Gasteiger partial charge in [0.15, 0.2) is 6.10 Å². The van der Waals surface area contributed by atoms with E-state index in [1.54, 1.807) is 0 Å². The van der Waals surface area contributed by atoms with Gasteiger partial charge < -0.3 is 14.2 Å². The first-order valence-corrected chi connectivity index (χ1v) is 10.6.